The second kappa shape index (κ2) is 7.48. The second-order valence-electron chi connectivity index (χ2n) is 7.94. The Kier molecular flexibility index (Phi) is 4.45. The predicted molar refractivity (Wildman–Crippen MR) is 131 cm³/mol. The van der Waals surface area contributed by atoms with Crippen LogP contribution in [0.1, 0.15) is 5.56 Å². The lowest BCUT2D eigenvalue weighted by atomic mass is 10.0. The zero-order valence-corrected chi connectivity index (χ0v) is 18.0. The molecule has 0 spiro atoms. The number of imidazole rings is 1. The Hall–Kier alpha value is -3.67. The molecule has 0 amide bonds. The highest BCUT2D eigenvalue weighted by Crippen LogP contribution is 2.33. The van der Waals surface area contributed by atoms with E-state index < -0.39 is 0 Å². The molecular formula is C26H20ClN5. The van der Waals surface area contributed by atoms with E-state index in [1.54, 1.807) is 0 Å². The molecule has 3 N–H and O–H groups in total. The third kappa shape index (κ3) is 3.06. The minimum absolute atomic E-state index is 0.595. The van der Waals surface area contributed by atoms with Crippen LogP contribution in [0, 0.1) is 0 Å². The summed E-state index contributed by atoms with van der Waals surface area (Å²) in [6.07, 6.45) is 6.39. The van der Waals surface area contributed by atoms with E-state index in [0.29, 0.717) is 11.6 Å². The maximum Gasteiger partial charge on any atom is 0.108 e. The monoisotopic (exact) mass is 437 g/mol. The van der Waals surface area contributed by atoms with Crippen molar-refractivity contribution in [3.8, 4) is 16.8 Å². The number of hydrogen-bond acceptors (Lipinski definition) is 3. The number of nitrogens with zero attached hydrogens (tertiary/aromatic N) is 3. The summed E-state index contributed by atoms with van der Waals surface area (Å²) >= 11 is 6.67. The molecule has 0 unspecified atom stereocenters. The Bertz CT molecular complexity index is 1610. The van der Waals surface area contributed by atoms with Crippen LogP contribution < -0.4 is 5.73 Å². The first-order chi connectivity index (χ1) is 15.7. The Labute approximate surface area is 189 Å². The van der Waals surface area contributed by atoms with Gasteiger partial charge in [0.25, 0.3) is 0 Å². The molecule has 0 fully saturated rings. The molecule has 3 heterocycles. The summed E-state index contributed by atoms with van der Waals surface area (Å²) in [4.78, 5) is 12.5. The normalized spacial score (nSPS) is 11.7. The van der Waals surface area contributed by atoms with Gasteiger partial charge in [0.15, 0.2) is 0 Å². The van der Waals surface area contributed by atoms with Crippen LogP contribution in [0.3, 0.4) is 0 Å². The van der Waals surface area contributed by atoms with Crippen molar-refractivity contribution in [2.75, 3.05) is 6.54 Å². The number of H-pyrrole nitrogens is 1. The molecule has 6 rings (SSSR count). The number of pyridine rings is 1. The lowest BCUT2D eigenvalue weighted by molar-refractivity contribution is 0.966. The highest BCUT2D eigenvalue weighted by Gasteiger charge is 2.14. The van der Waals surface area contributed by atoms with Gasteiger partial charge >= 0.3 is 0 Å². The summed E-state index contributed by atoms with van der Waals surface area (Å²) in [6.45, 7) is 0.595. The minimum atomic E-state index is 0.595. The van der Waals surface area contributed by atoms with Gasteiger partial charge in [0.1, 0.15) is 11.8 Å². The SMILES string of the molecule is NCCc1ccc(-n2cnc3cnc4ccc(-c5ccc6[nH]ccc6c5)cc4c32)c(Cl)c1. The average Bonchev–Trinajstić information content (AvgIpc) is 3.46. The molecule has 6 heteroatoms. The van der Waals surface area contributed by atoms with Crippen molar-refractivity contribution in [3.63, 3.8) is 0 Å². The molecule has 156 valence electrons. The number of nitrogens with two attached hydrogens (primary N) is 1. The largest absolute Gasteiger partial charge is 0.361 e. The summed E-state index contributed by atoms with van der Waals surface area (Å²) in [5.74, 6) is 0. The van der Waals surface area contributed by atoms with Crippen LogP contribution in [0.5, 0.6) is 0 Å². The van der Waals surface area contributed by atoms with E-state index in [1.807, 2.05) is 35.4 Å². The molecule has 0 saturated carbocycles. The van der Waals surface area contributed by atoms with Crippen molar-refractivity contribution in [2.24, 2.45) is 5.73 Å². The molecule has 0 aliphatic rings. The van der Waals surface area contributed by atoms with Gasteiger partial charge in [-0.05, 0) is 77.5 Å². The quantitative estimate of drug-likeness (QED) is 0.362. The van der Waals surface area contributed by atoms with Gasteiger partial charge in [0.2, 0.25) is 0 Å². The zero-order chi connectivity index (χ0) is 21.7. The Morgan fingerprint density at radius 1 is 0.906 bits per heavy atom. The zero-order valence-electron chi connectivity index (χ0n) is 17.2. The molecule has 0 saturated heterocycles. The van der Waals surface area contributed by atoms with Gasteiger partial charge in [-0.15, -0.1) is 0 Å². The maximum absolute atomic E-state index is 6.67. The Balaban J connectivity index is 1.56. The van der Waals surface area contributed by atoms with Gasteiger partial charge < -0.3 is 10.7 Å². The van der Waals surface area contributed by atoms with Crippen LogP contribution in [-0.2, 0) is 6.42 Å². The van der Waals surface area contributed by atoms with E-state index in [1.165, 1.54) is 5.39 Å². The number of halogens is 1. The van der Waals surface area contributed by atoms with Crippen molar-refractivity contribution in [1.82, 2.24) is 19.5 Å². The van der Waals surface area contributed by atoms with Crippen molar-refractivity contribution in [2.45, 2.75) is 6.42 Å². The van der Waals surface area contributed by atoms with Crippen LogP contribution in [-0.4, -0.2) is 26.1 Å². The predicted octanol–water partition coefficient (Wildman–Crippen LogP) is 5.88. The highest BCUT2D eigenvalue weighted by molar-refractivity contribution is 6.32. The number of benzene rings is 3. The molecule has 0 bridgehead atoms. The Morgan fingerprint density at radius 2 is 1.78 bits per heavy atom. The molecule has 3 aromatic heterocycles. The fourth-order valence-electron chi connectivity index (χ4n) is 4.36. The van der Waals surface area contributed by atoms with Crippen LogP contribution in [0.4, 0.5) is 0 Å². The summed E-state index contributed by atoms with van der Waals surface area (Å²) in [5.41, 5.74) is 13.9. The third-order valence-electron chi connectivity index (χ3n) is 5.96. The van der Waals surface area contributed by atoms with E-state index in [0.717, 1.165) is 56.3 Å². The van der Waals surface area contributed by atoms with Gasteiger partial charge in [0.05, 0.1) is 27.9 Å². The van der Waals surface area contributed by atoms with Crippen LogP contribution in [0.15, 0.2) is 79.4 Å². The second-order valence-corrected chi connectivity index (χ2v) is 8.35. The van der Waals surface area contributed by atoms with E-state index in [2.05, 4.69) is 63.5 Å². The molecule has 5 nitrogen and oxygen atoms in total. The molecule has 32 heavy (non-hydrogen) atoms. The Morgan fingerprint density at radius 3 is 2.66 bits per heavy atom. The maximum atomic E-state index is 6.67. The van der Waals surface area contributed by atoms with E-state index in [-0.39, 0.29) is 0 Å². The molecule has 0 radical (unpaired) electrons. The summed E-state index contributed by atoms with van der Waals surface area (Å²) in [6, 6.07) is 21.0. The minimum Gasteiger partial charge on any atom is -0.361 e. The topological polar surface area (TPSA) is 72.5 Å². The first-order valence-electron chi connectivity index (χ1n) is 10.5. The molecular weight excluding hydrogens is 418 g/mol. The standard InChI is InChI=1S/C26H20ClN5/c27-21-11-16(7-9-28)1-6-25(21)32-15-31-24-14-30-23-5-3-18(13-20(23)26(24)32)17-2-4-22-19(12-17)8-10-29-22/h1-6,8,10-15,29H,7,9,28H2. The fourth-order valence-corrected chi connectivity index (χ4v) is 4.65. The number of aromatic nitrogens is 4. The number of nitrogens with one attached hydrogen (secondary N) is 1. The highest BCUT2D eigenvalue weighted by atomic mass is 35.5. The molecule has 0 aliphatic heterocycles. The van der Waals surface area contributed by atoms with Crippen molar-refractivity contribution < 1.29 is 0 Å². The lowest BCUT2D eigenvalue weighted by Crippen LogP contribution is -2.03. The van der Waals surface area contributed by atoms with Gasteiger partial charge in [-0.2, -0.15) is 0 Å². The van der Waals surface area contributed by atoms with E-state index >= 15 is 0 Å². The van der Waals surface area contributed by atoms with Gasteiger partial charge in [-0.25, -0.2) is 4.98 Å². The molecule has 0 aliphatic carbocycles. The van der Waals surface area contributed by atoms with Crippen LogP contribution in [0.2, 0.25) is 5.02 Å². The number of hydrogen-bond donors (Lipinski definition) is 2. The van der Waals surface area contributed by atoms with E-state index in [9.17, 15) is 0 Å². The molecule has 3 aromatic carbocycles. The number of rotatable bonds is 4. The average molecular weight is 438 g/mol. The summed E-state index contributed by atoms with van der Waals surface area (Å²) in [7, 11) is 0. The first kappa shape index (κ1) is 19.0. The first-order valence-corrected chi connectivity index (χ1v) is 10.9. The van der Waals surface area contributed by atoms with Crippen LogP contribution >= 0.6 is 11.6 Å². The fraction of sp³-hybridized carbons (Fsp3) is 0.0769. The van der Waals surface area contributed by atoms with Crippen LogP contribution in [0.25, 0.3) is 49.7 Å². The summed E-state index contributed by atoms with van der Waals surface area (Å²) in [5, 5.41) is 2.90. The van der Waals surface area contributed by atoms with E-state index in [4.69, 9.17) is 17.3 Å². The lowest BCUT2D eigenvalue weighted by Gasteiger charge is -2.11. The molecule has 6 aromatic rings. The summed E-state index contributed by atoms with van der Waals surface area (Å²) < 4.78 is 2.05. The number of fused-ring (bicyclic) bond motifs is 4. The third-order valence-corrected chi connectivity index (χ3v) is 6.27. The molecule has 0 atom stereocenters. The smallest absolute Gasteiger partial charge is 0.108 e. The van der Waals surface area contributed by atoms with Crippen molar-refractivity contribution in [1.29, 1.82) is 0 Å². The van der Waals surface area contributed by atoms with Gasteiger partial charge in [-0.1, -0.05) is 29.8 Å². The number of aromatic amines is 1. The van der Waals surface area contributed by atoms with Crippen molar-refractivity contribution >= 4 is 44.4 Å². The van der Waals surface area contributed by atoms with Gasteiger partial charge in [0, 0.05) is 17.1 Å². The van der Waals surface area contributed by atoms with Crippen molar-refractivity contribution in [3.05, 3.63) is 90.0 Å². The van der Waals surface area contributed by atoms with Gasteiger partial charge in [-0.3, -0.25) is 9.55 Å².